The highest BCUT2D eigenvalue weighted by Crippen LogP contribution is 2.46. The molecule has 1 aliphatic heterocycles. The Morgan fingerprint density at radius 3 is 2.12 bits per heavy atom. The van der Waals surface area contributed by atoms with E-state index in [-0.39, 0.29) is 12.0 Å². The van der Waals surface area contributed by atoms with E-state index in [0.29, 0.717) is 19.6 Å². The number of ether oxygens (including phenoxy) is 2. The van der Waals surface area contributed by atoms with E-state index in [1.165, 1.54) is 0 Å². The van der Waals surface area contributed by atoms with E-state index >= 15 is 0 Å². The van der Waals surface area contributed by atoms with Crippen LogP contribution in [0.25, 0.3) is 0 Å². The van der Waals surface area contributed by atoms with Gasteiger partial charge in [-0.2, -0.15) is 0 Å². The minimum atomic E-state index is -0.420. The number of rotatable bonds is 3. The summed E-state index contributed by atoms with van der Waals surface area (Å²) in [4.78, 5) is 0. The molecular formula is C12H22O4. The van der Waals surface area contributed by atoms with Crippen LogP contribution in [-0.2, 0) is 9.47 Å². The molecule has 1 unspecified atom stereocenters. The molecule has 0 bridgehead atoms. The maximum Gasteiger partial charge on any atom is 0.168 e. The third kappa shape index (κ3) is 1.99. The summed E-state index contributed by atoms with van der Waals surface area (Å²) < 4.78 is 11.3. The van der Waals surface area contributed by atoms with Crippen LogP contribution in [0.5, 0.6) is 0 Å². The largest absolute Gasteiger partial charge is 0.396 e. The average molecular weight is 230 g/mol. The maximum atomic E-state index is 10.0. The number of hydrogen-bond acceptors (Lipinski definition) is 4. The van der Waals surface area contributed by atoms with E-state index in [2.05, 4.69) is 0 Å². The fourth-order valence-electron chi connectivity index (χ4n) is 2.94. The van der Waals surface area contributed by atoms with Crippen LogP contribution in [0.4, 0.5) is 0 Å². The smallest absolute Gasteiger partial charge is 0.168 e. The lowest BCUT2D eigenvalue weighted by molar-refractivity contribution is -0.205. The second-order valence-corrected chi connectivity index (χ2v) is 5.05. The van der Waals surface area contributed by atoms with E-state index in [1.54, 1.807) is 0 Å². The predicted octanol–water partition coefficient (Wildman–Crippen LogP) is 1.05. The van der Waals surface area contributed by atoms with Crippen molar-refractivity contribution in [3.63, 3.8) is 0 Å². The van der Waals surface area contributed by atoms with Crippen molar-refractivity contribution in [2.45, 2.75) is 50.9 Å². The van der Waals surface area contributed by atoms with Crippen molar-refractivity contribution in [3.05, 3.63) is 0 Å². The van der Waals surface area contributed by atoms with E-state index in [0.717, 1.165) is 25.7 Å². The van der Waals surface area contributed by atoms with E-state index in [9.17, 15) is 10.2 Å². The molecule has 1 atom stereocenters. The molecule has 1 spiro atoms. The molecule has 0 amide bonds. The zero-order valence-corrected chi connectivity index (χ0v) is 9.95. The van der Waals surface area contributed by atoms with Gasteiger partial charge >= 0.3 is 0 Å². The molecule has 0 radical (unpaired) electrons. The Labute approximate surface area is 96.6 Å². The van der Waals surface area contributed by atoms with E-state index in [1.807, 2.05) is 6.92 Å². The highest BCUT2D eigenvalue weighted by molar-refractivity contribution is 4.94. The van der Waals surface area contributed by atoms with Gasteiger partial charge in [-0.15, -0.1) is 0 Å². The monoisotopic (exact) mass is 230 g/mol. The molecule has 2 N–H and O–H groups in total. The Kier molecular flexibility index (Phi) is 3.54. The topological polar surface area (TPSA) is 58.9 Å². The predicted molar refractivity (Wildman–Crippen MR) is 58.9 cm³/mol. The summed E-state index contributed by atoms with van der Waals surface area (Å²) in [5, 5.41) is 19.6. The summed E-state index contributed by atoms with van der Waals surface area (Å²) in [6, 6.07) is 0. The Balaban J connectivity index is 2.01. The van der Waals surface area contributed by atoms with Crippen LogP contribution in [0.15, 0.2) is 0 Å². The molecule has 4 nitrogen and oxygen atoms in total. The van der Waals surface area contributed by atoms with Gasteiger partial charge in [0, 0.05) is 18.3 Å². The fraction of sp³-hybridized carbons (Fsp3) is 1.00. The zero-order valence-electron chi connectivity index (χ0n) is 9.95. The molecule has 0 aromatic heterocycles. The molecule has 2 fully saturated rings. The number of aliphatic hydroxyl groups is 2. The van der Waals surface area contributed by atoms with Crippen LogP contribution >= 0.6 is 0 Å². The fourth-order valence-corrected chi connectivity index (χ4v) is 2.94. The minimum absolute atomic E-state index is 0.0537. The van der Waals surface area contributed by atoms with Gasteiger partial charge < -0.3 is 19.7 Å². The standard InChI is InChI=1S/C12H22O4/c1-2-10(14)11(9-13)3-5-12(6-4-11)15-7-8-16-12/h10,13-14H,2-9H2,1H3. The molecule has 1 saturated carbocycles. The summed E-state index contributed by atoms with van der Waals surface area (Å²) in [5.41, 5.74) is -0.338. The summed E-state index contributed by atoms with van der Waals surface area (Å²) in [7, 11) is 0. The molecule has 2 aliphatic rings. The van der Waals surface area contributed by atoms with Crippen molar-refractivity contribution < 1.29 is 19.7 Å². The summed E-state index contributed by atoms with van der Waals surface area (Å²) >= 11 is 0. The normalized spacial score (nSPS) is 29.4. The first-order valence-corrected chi connectivity index (χ1v) is 6.23. The first-order chi connectivity index (χ1) is 7.66. The highest BCUT2D eigenvalue weighted by Gasteiger charge is 2.48. The third-order valence-corrected chi connectivity index (χ3v) is 4.23. The lowest BCUT2D eigenvalue weighted by atomic mass is 9.68. The van der Waals surface area contributed by atoms with Crippen LogP contribution in [0.3, 0.4) is 0 Å². The van der Waals surface area contributed by atoms with Crippen LogP contribution < -0.4 is 0 Å². The quantitative estimate of drug-likeness (QED) is 0.761. The third-order valence-electron chi connectivity index (χ3n) is 4.23. The van der Waals surface area contributed by atoms with Crippen LogP contribution in [0, 0.1) is 5.41 Å². The molecule has 16 heavy (non-hydrogen) atoms. The van der Waals surface area contributed by atoms with Gasteiger partial charge in [-0.1, -0.05) is 6.92 Å². The molecule has 1 aliphatic carbocycles. The van der Waals surface area contributed by atoms with Gasteiger partial charge in [0.2, 0.25) is 0 Å². The van der Waals surface area contributed by atoms with Crippen molar-refractivity contribution in [1.82, 2.24) is 0 Å². The molecular weight excluding hydrogens is 208 g/mol. The lowest BCUT2D eigenvalue weighted by Crippen LogP contribution is -2.47. The van der Waals surface area contributed by atoms with Gasteiger partial charge in [-0.05, 0) is 19.3 Å². The Hall–Kier alpha value is -0.160. The first kappa shape index (κ1) is 12.3. The van der Waals surface area contributed by atoms with E-state index in [4.69, 9.17) is 9.47 Å². The summed E-state index contributed by atoms with van der Waals surface area (Å²) in [6.07, 6.45) is 3.39. The van der Waals surface area contributed by atoms with Crippen LogP contribution in [-0.4, -0.2) is 41.9 Å². The van der Waals surface area contributed by atoms with Gasteiger partial charge in [0.15, 0.2) is 5.79 Å². The maximum absolute atomic E-state index is 10.0. The molecule has 94 valence electrons. The second-order valence-electron chi connectivity index (χ2n) is 5.05. The molecule has 4 heteroatoms. The molecule has 1 heterocycles. The van der Waals surface area contributed by atoms with Crippen molar-refractivity contribution in [2.24, 2.45) is 5.41 Å². The number of aliphatic hydroxyl groups excluding tert-OH is 2. The van der Waals surface area contributed by atoms with E-state index < -0.39 is 11.9 Å². The first-order valence-electron chi connectivity index (χ1n) is 6.23. The average Bonchev–Trinajstić information content (AvgIpc) is 2.78. The highest BCUT2D eigenvalue weighted by atomic mass is 16.7. The second kappa shape index (κ2) is 4.61. The van der Waals surface area contributed by atoms with Crippen molar-refractivity contribution in [2.75, 3.05) is 19.8 Å². The van der Waals surface area contributed by atoms with Gasteiger partial charge in [-0.25, -0.2) is 0 Å². The Bertz CT molecular complexity index is 225. The van der Waals surface area contributed by atoms with Crippen molar-refractivity contribution in [1.29, 1.82) is 0 Å². The van der Waals surface area contributed by atoms with Crippen LogP contribution in [0.1, 0.15) is 39.0 Å². The molecule has 0 aromatic rings. The summed E-state index contributed by atoms with van der Waals surface area (Å²) in [6.45, 7) is 3.35. The van der Waals surface area contributed by atoms with Gasteiger partial charge in [0.05, 0.1) is 25.9 Å². The molecule has 1 saturated heterocycles. The molecule has 0 aromatic carbocycles. The Morgan fingerprint density at radius 2 is 1.69 bits per heavy atom. The van der Waals surface area contributed by atoms with Gasteiger partial charge in [0.25, 0.3) is 0 Å². The van der Waals surface area contributed by atoms with Crippen molar-refractivity contribution >= 4 is 0 Å². The van der Waals surface area contributed by atoms with Gasteiger partial charge in [0.1, 0.15) is 0 Å². The van der Waals surface area contributed by atoms with Crippen LogP contribution in [0.2, 0.25) is 0 Å². The van der Waals surface area contributed by atoms with Gasteiger partial charge in [-0.3, -0.25) is 0 Å². The lowest BCUT2D eigenvalue weighted by Gasteiger charge is -2.45. The summed E-state index contributed by atoms with van der Waals surface area (Å²) in [5.74, 6) is -0.411. The molecule has 2 rings (SSSR count). The Morgan fingerprint density at radius 1 is 1.12 bits per heavy atom. The zero-order chi connectivity index (χ0) is 11.6. The van der Waals surface area contributed by atoms with Crippen molar-refractivity contribution in [3.8, 4) is 0 Å². The SMILES string of the molecule is CCC(O)C1(CO)CCC2(CC1)OCCO2. The number of hydrogen-bond donors (Lipinski definition) is 2. The minimum Gasteiger partial charge on any atom is -0.396 e.